The van der Waals surface area contributed by atoms with Gasteiger partial charge < -0.3 is 10.2 Å². The molecule has 2 aromatic carbocycles. The zero-order valence-corrected chi connectivity index (χ0v) is 18.0. The standard InChI is InChI=1S/C23H22ClN3O2S/c24-21-11-10-20(30-21)16-26-12-14-27(15-13-26)23(29)18-6-8-19(9-7-18)25-22(28)17-4-2-1-3-5-17/h1-11H,12-16H2,(H,25,28). The Kier molecular flexibility index (Phi) is 6.47. The highest BCUT2D eigenvalue weighted by Gasteiger charge is 2.22. The van der Waals surface area contributed by atoms with Gasteiger partial charge in [-0.15, -0.1) is 11.3 Å². The van der Waals surface area contributed by atoms with Crippen LogP contribution in [0.2, 0.25) is 4.34 Å². The molecule has 3 aromatic rings. The molecule has 4 rings (SSSR count). The maximum absolute atomic E-state index is 12.8. The van der Waals surface area contributed by atoms with Crippen LogP contribution >= 0.6 is 22.9 Å². The van der Waals surface area contributed by atoms with Crippen LogP contribution in [0.5, 0.6) is 0 Å². The van der Waals surface area contributed by atoms with Gasteiger partial charge in [-0.25, -0.2) is 0 Å². The fourth-order valence-electron chi connectivity index (χ4n) is 3.44. The second-order valence-corrected chi connectivity index (χ2v) is 8.97. The minimum atomic E-state index is -0.169. The first-order valence-corrected chi connectivity index (χ1v) is 11.0. The maximum Gasteiger partial charge on any atom is 0.255 e. The Balaban J connectivity index is 1.30. The molecule has 7 heteroatoms. The van der Waals surface area contributed by atoms with Crippen molar-refractivity contribution in [2.24, 2.45) is 0 Å². The van der Waals surface area contributed by atoms with Crippen molar-refractivity contribution < 1.29 is 9.59 Å². The van der Waals surface area contributed by atoms with E-state index in [-0.39, 0.29) is 11.8 Å². The molecule has 0 spiro atoms. The molecule has 1 aliphatic rings. The van der Waals surface area contributed by atoms with E-state index in [0.29, 0.717) is 29.9 Å². The lowest BCUT2D eigenvalue weighted by Gasteiger charge is -2.34. The Bertz CT molecular complexity index is 1010. The number of piperazine rings is 1. The van der Waals surface area contributed by atoms with Crippen LogP contribution < -0.4 is 5.32 Å². The minimum absolute atomic E-state index is 0.0229. The highest BCUT2D eigenvalue weighted by molar-refractivity contribution is 7.16. The summed E-state index contributed by atoms with van der Waals surface area (Å²) < 4.78 is 0.808. The van der Waals surface area contributed by atoms with Crippen LogP contribution in [0.1, 0.15) is 25.6 Å². The third-order valence-electron chi connectivity index (χ3n) is 5.09. The summed E-state index contributed by atoms with van der Waals surface area (Å²) in [5, 5.41) is 2.86. The van der Waals surface area contributed by atoms with Crippen LogP contribution in [-0.4, -0.2) is 47.8 Å². The number of benzene rings is 2. The van der Waals surface area contributed by atoms with Crippen LogP contribution in [0.15, 0.2) is 66.7 Å². The molecule has 1 aromatic heterocycles. The number of hydrogen-bond donors (Lipinski definition) is 1. The molecule has 1 fully saturated rings. The van der Waals surface area contributed by atoms with Crippen molar-refractivity contribution in [1.82, 2.24) is 9.80 Å². The second-order valence-electron chi connectivity index (χ2n) is 7.17. The molecule has 2 amide bonds. The number of carbonyl (C=O) groups excluding carboxylic acids is 2. The van der Waals surface area contributed by atoms with Crippen molar-refractivity contribution >= 4 is 40.4 Å². The molecule has 154 valence electrons. The van der Waals surface area contributed by atoms with Crippen molar-refractivity contribution in [3.8, 4) is 0 Å². The molecule has 0 atom stereocenters. The van der Waals surface area contributed by atoms with Gasteiger partial charge in [0.2, 0.25) is 0 Å². The predicted octanol–water partition coefficient (Wildman–Crippen LogP) is 4.61. The van der Waals surface area contributed by atoms with Crippen LogP contribution in [0, 0.1) is 0 Å². The average molecular weight is 440 g/mol. The van der Waals surface area contributed by atoms with Gasteiger partial charge in [-0.1, -0.05) is 29.8 Å². The summed E-state index contributed by atoms with van der Waals surface area (Å²) in [4.78, 5) is 30.5. The number of nitrogens with one attached hydrogen (secondary N) is 1. The van der Waals surface area contributed by atoms with Gasteiger partial charge in [0.25, 0.3) is 11.8 Å². The molecule has 0 aliphatic carbocycles. The number of rotatable bonds is 5. The largest absolute Gasteiger partial charge is 0.336 e. The Labute approximate surface area is 184 Å². The highest BCUT2D eigenvalue weighted by atomic mass is 35.5. The lowest BCUT2D eigenvalue weighted by atomic mass is 10.1. The van der Waals surface area contributed by atoms with Crippen LogP contribution in [0.4, 0.5) is 5.69 Å². The van der Waals surface area contributed by atoms with Gasteiger partial charge in [-0.2, -0.15) is 0 Å². The van der Waals surface area contributed by atoms with E-state index in [0.717, 1.165) is 24.0 Å². The molecule has 1 aliphatic heterocycles. The summed E-state index contributed by atoms with van der Waals surface area (Å²) in [6.45, 7) is 3.95. The van der Waals surface area contributed by atoms with E-state index >= 15 is 0 Å². The number of halogens is 1. The average Bonchev–Trinajstić information content (AvgIpc) is 3.19. The van der Waals surface area contributed by atoms with Crippen molar-refractivity contribution in [2.45, 2.75) is 6.54 Å². The van der Waals surface area contributed by atoms with Crippen LogP contribution in [-0.2, 0) is 6.54 Å². The van der Waals surface area contributed by atoms with E-state index in [2.05, 4.69) is 16.3 Å². The molecule has 30 heavy (non-hydrogen) atoms. The van der Waals surface area contributed by atoms with Gasteiger partial charge in [0.1, 0.15) is 0 Å². The summed E-state index contributed by atoms with van der Waals surface area (Å²) >= 11 is 7.61. The summed E-state index contributed by atoms with van der Waals surface area (Å²) in [5.74, 6) is -0.146. The monoisotopic (exact) mass is 439 g/mol. The summed E-state index contributed by atoms with van der Waals surface area (Å²) in [6.07, 6.45) is 0. The SMILES string of the molecule is O=C(Nc1ccc(C(=O)N2CCN(Cc3ccc(Cl)s3)CC2)cc1)c1ccccc1. The van der Waals surface area contributed by atoms with Crippen molar-refractivity contribution in [2.75, 3.05) is 31.5 Å². The molecule has 5 nitrogen and oxygen atoms in total. The van der Waals surface area contributed by atoms with Gasteiger partial charge in [0.15, 0.2) is 0 Å². The summed E-state index contributed by atoms with van der Waals surface area (Å²) in [5.41, 5.74) is 1.89. The van der Waals surface area contributed by atoms with E-state index < -0.39 is 0 Å². The van der Waals surface area contributed by atoms with Gasteiger partial charge >= 0.3 is 0 Å². The number of amides is 2. The summed E-state index contributed by atoms with van der Waals surface area (Å²) in [7, 11) is 0. The lowest BCUT2D eigenvalue weighted by molar-refractivity contribution is 0.0629. The van der Waals surface area contributed by atoms with E-state index in [1.807, 2.05) is 29.2 Å². The number of hydrogen-bond acceptors (Lipinski definition) is 4. The molecular weight excluding hydrogens is 418 g/mol. The van der Waals surface area contributed by atoms with E-state index in [4.69, 9.17) is 11.6 Å². The van der Waals surface area contributed by atoms with Crippen LogP contribution in [0.3, 0.4) is 0 Å². The van der Waals surface area contributed by atoms with Crippen molar-refractivity contribution in [1.29, 1.82) is 0 Å². The first kappa shape index (κ1) is 20.6. The van der Waals surface area contributed by atoms with Gasteiger partial charge in [0.05, 0.1) is 4.34 Å². The highest BCUT2D eigenvalue weighted by Crippen LogP contribution is 2.23. The molecule has 1 saturated heterocycles. The minimum Gasteiger partial charge on any atom is -0.336 e. The molecule has 2 heterocycles. The van der Waals surface area contributed by atoms with Crippen molar-refractivity contribution in [3.63, 3.8) is 0 Å². The fourth-order valence-corrected chi connectivity index (χ4v) is 4.57. The normalized spacial score (nSPS) is 14.5. The topological polar surface area (TPSA) is 52.7 Å². The molecular formula is C23H22ClN3O2S. The third-order valence-corrected chi connectivity index (χ3v) is 6.31. The molecule has 0 unspecified atom stereocenters. The summed E-state index contributed by atoms with van der Waals surface area (Å²) in [6, 6.07) is 20.1. The van der Waals surface area contributed by atoms with Gasteiger partial charge in [-0.3, -0.25) is 14.5 Å². The Morgan fingerprint density at radius 2 is 1.57 bits per heavy atom. The van der Waals surface area contributed by atoms with Gasteiger partial charge in [-0.05, 0) is 48.5 Å². The van der Waals surface area contributed by atoms with E-state index in [9.17, 15) is 9.59 Å². The lowest BCUT2D eigenvalue weighted by Crippen LogP contribution is -2.48. The first-order valence-electron chi connectivity index (χ1n) is 9.81. The Morgan fingerprint density at radius 1 is 0.867 bits per heavy atom. The maximum atomic E-state index is 12.8. The van der Waals surface area contributed by atoms with Crippen molar-refractivity contribution in [3.05, 3.63) is 87.1 Å². The Morgan fingerprint density at radius 3 is 2.20 bits per heavy atom. The molecule has 0 radical (unpaired) electrons. The zero-order chi connectivity index (χ0) is 20.9. The third kappa shape index (κ3) is 5.08. The predicted molar refractivity (Wildman–Crippen MR) is 121 cm³/mol. The fraction of sp³-hybridized carbons (Fsp3) is 0.217. The van der Waals surface area contributed by atoms with E-state index in [1.165, 1.54) is 4.88 Å². The molecule has 0 saturated carbocycles. The quantitative estimate of drug-likeness (QED) is 0.631. The number of anilines is 1. The Hall–Kier alpha value is -2.67. The van der Waals surface area contributed by atoms with E-state index in [1.54, 1.807) is 47.7 Å². The first-order chi connectivity index (χ1) is 14.6. The van der Waals surface area contributed by atoms with Crippen LogP contribution in [0.25, 0.3) is 0 Å². The number of nitrogens with zero attached hydrogens (tertiary/aromatic N) is 2. The smallest absolute Gasteiger partial charge is 0.255 e. The molecule has 0 bridgehead atoms. The second kappa shape index (κ2) is 9.43. The zero-order valence-electron chi connectivity index (χ0n) is 16.4. The number of thiophene rings is 1. The number of carbonyl (C=O) groups is 2. The molecule has 1 N–H and O–H groups in total. The van der Waals surface area contributed by atoms with Gasteiger partial charge in [0, 0.05) is 54.4 Å².